The van der Waals surface area contributed by atoms with Gasteiger partial charge in [-0.1, -0.05) is 13.8 Å². The maximum absolute atomic E-state index is 12.0. The summed E-state index contributed by atoms with van der Waals surface area (Å²) in [6.45, 7) is 9.70. The van der Waals surface area contributed by atoms with Gasteiger partial charge in [0.15, 0.2) is 0 Å². The molecule has 3 aliphatic rings. The normalized spacial score (nSPS) is 31.6. The Hall–Kier alpha value is -0.690. The minimum absolute atomic E-state index is 0.0143. The Morgan fingerprint density at radius 1 is 1.27 bits per heavy atom. The molecule has 0 aromatic carbocycles. The van der Waals surface area contributed by atoms with Crippen LogP contribution in [0, 0.1) is 5.92 Å². The highest BCUT2D eigenvalue weighted by Gasteiger charge is 2.56. The maximum atomic E-state index is 12.0. The highest BCUT2D eigenvalue weighted by molar-refractivity contribution is 5.77. The van der Waals surface area contributed by atoms with Crippen molar-refractivity contribution in [1.82, 2.24) is 14.7 Å². The van der Waals surface area contributed by atoms with Gasteiger partial charge in [-0.25, -0.2) is 0 Å². The van der Waals surface area contributed by atoms with Crippen LogP contribution in [0.25, 0.3) is 0 Å². The molecule has 0 aromatic rings. The largest absolute Gasteiger partial charge is 0.396 e. The molecule has 1 spiro atoms. The van der Waals surface area contributed by atoms with Crippen LogP contribution in [0.4, 0.5) is 0 Å². The smallest absolute Gasteiger partial charge is 0.225 e. The molecule has 6 heteroatoms. The molecule has 6 nitrogen and oxygen atoms in total. The van der Waals surface area contributed by atoms with Crippen LogP contribution in [0.1, 0.15) is 26.7 Å². The lowest BCUT2D eigenvalue weighted by Crippen LogP contribution is -2.78. The van der Waals surface area contributed by atoms with E-state index in [0.717, 1.165) is 45.7 Å². The molecule has 0 bridgehead atoms. The van der Waals surface area contributed by atoms with Gasteiger partial charge in [0.2, 0.25) is 5.91 Å². The Balaban J connectivity index is 1.69. The first-order valence-corrected chi connectivity index (χ1v) is 8.49. The van der Waals surface area contributed by atoms with Crippen molar-refractivity contribution < 1.29 is 15.0 Å². The molecule has 22 heavy (non-hydrogen) atoms. The molecule has 0 unspecified atom stereocenters. The zero-order chi connectivity index (χ0) is 15.9. The van der Waals surface area contributed by atoms with Gasteiger partial charge in [0.25, 0.3) is 0 Å². The van der Waals surface area contributed by atoms with Crippen LogP contribution < -0.4 is 0 Å². The molecule has 0 radical (unpaired) electrons. The highest BCUT2D eigenvalue weighted by Crippen LogP contribution is 2.39. The van der Waals surface area contributed by atoms with Gasteiger partial charge in [0, 0.05) is 51.7 Å². The van der Waals surface area contributed by atoms with Crippen LogP contribution in [0.5, 0.6) is 0 Å². The monoisotopic (exact) mass is 311 g/mol. The van der Waals surface area contributed by atoms with E-state index in [9.17, 15) is 9.90 Å². The number of hydrogen-bond acceptors (Lipinski definition) is 5. The number of aliphatic hydroxyl groups is 2. The van der Waals surface area contributed by atoms with Gasteiger partial charge >= 0.3 is 0 Å². The summed E-state index contributed by atoms with van der Waals surface area (Å²) < 4.78 is 0. The number of rotatable bonds is 4. The van der Waals surface area contributed by atoms with E-state index < -0.39 is 0 Å². The van der Waals surface area contributed by atoms with Gasteiger partial charge in [-0.15, -0.1) is 0 Å². The van der Waals surface area contributed by atoms with Gasteiger partial charge in [0.05, 0.1) is 18.2 Å². The predicted molar refractivity (Wildman–Crippen MR) is 83.4 cm³/mol. The first-order chi connectivity index (χ1) is 10.4. The number of nitrogens with zero attached hydrogens (tertiary/aromatic N) is 3. The first kappa shape index (κ1) is 16.2. The van der Waals surface area contributed by atoms with E-state index in [4.69, 9.17) is 5.11 Å². The zero-order valence-corrected chi connectivity index (χ0v) is 13.7. The fourth-order valence-electron chi connectivity index (χ4n) is 4.55. The molecule has 3 saturated heterocycles. The second kappa shape index (κ2) is 6.07. The van der Waals surface area contributed by atoms with Gasteiger partial charge in [0.1, 0.15) is 0 Å². The third-order valence-electron chi connectivity index (χ3n) is 5.26. The summed E-state index contributed by atoms with van der Waals surface area (Å²) in [6.07, 6.45) is 0.835. The predicted octanol–water partition coefficient (Wildman–Crippen LogP) is -0.643. The minimum Gasteiger partial charge on any atom is -0.396 e. The van der Waals surface area contributed by atoms with E-state index in [1.165, 1.54) is 0 Å². The molecule has 2 N–H and O–H groups in total. The third-order valence-corrected chi connectivity index (χ3v) is 5.26. The molecule has 3 heterocycles. The van der Waals surface area contributed by atoms with Crippen molar-refractivity contribution >= 4 is 5.91 Å². The lowest BCUT2D eigenvalue weighted by atomic mass is 9.83. The van der Waals surface area contributed by atoms with Crippen molar-refractivity contribution in [3.05, 3.63) is 0 Å². The average molecular weight is 311 g/mol. The summed E-state index contributed by atoms with van der Waals surface area (Å²) >= 11 is 0. The van der Waals surface area contributed by atoms with Crippen LogP contribution in [0.3, 0.4) is 0 Å². The number of amides is 1. The van der Waals surface area contributed by atoms with Crippen LogP contribution in [-0.4, -0.2) is 94.4 Å². The number of aliphatic hydroxyl groups excluding tert-OH is 2. The second-order valence-corrected chi connectivity index (χ2v) is 7.73. The average Bonchev–Trinajstić information content (AvgIpc) is 2.75. The molecule has 0 aromatic heterocycles. The molecule has 126 valence electrons. The Labute approximate surface area is 132 Å². The van der Waals surface area contributed by atoms with Crippen molar-refractivity contribution in [2.75, 3.05) is 45.9 Å². The molecule has 3 fully saturated rings. The lowest BCUT2D eigenvalue weighted by molar-refractivity contribution is -0.157. The lowest BCUT2D eigenvalue weighted by Gasteiger charge is -2.61. The van der Waals surface area contributed by atoms with Gasteiger partial charge in [-0.05, 0) is 12.3 Å². The van der Waals surface area contributed by atoms with E-state index in [-0.39, 0.29) is 30.6 Å². The van der Waals surface area contributed by atoms with Crippen LogP contribution >= 0.6 is 0 Å². The highest BCUT2D eigenvalue weighted by atomic mass is 16.3. The second-order valence-electron chi connectivity index (χ2n) is 7.73. The quantitative estimate of drug-likeness (QED) is 0.723. The molecule has 3 rings (SSSR count). The van der Waals surface area contributed by atoms with Gasteiger partial charge in [-0.2, -0.15) is 0 Å². The fourth-order valence-corrected chi connectivity index (χ4v) is 4.55. The summed E-state index contributed by atoms with van der Waals surface area (Å²) in [5.74, 6) is 0.674. The van der Waals surface area contributed by atoms with Crippen molar-refractivity contribution in [1.29, 1.82) is 0 Å². The van der Waals surface area contributed by atoms with Crippen molar-refractivity contribution in [3.63, 3.8) is 0 Å². The molecular formula is C16H29N3O3. The van der Waals surface area contributed by atoms with Crippen LogP contribution in [-0.2, 0) is 4.79 Å². The van der Waals surface area contributed by atoms with Crippen LogP contribution in [0.2, 0.25) is 0 Å². The third kappa shape index (κ3) is 2.89. The molecule has 3 aliphatic heterocycles. The molecule has 0 aliphatic carbocycles. The number of hydrogen-bond donors (Lipinski definition) is 2. The van der Waals surface area contributed by atoms with E-state index in [2.05, 4.69) is 23.6 Å². The summed E-state index contributed by atoms with van der Waals surface area (Å²) in [4.78, 5) is 18.8. The fraction of sp³-hybridized carbons (Fsp3) is 0.938. The standard InChI is InChI=1S/C16H29N3O3/c1-12(2)6-17-7-13-5-14(21)8-19(13)16(9-17)10-18(11-16)15(22)3-4-20/h12-14,20-21H,3-11H2,1-2H3/t13-,14-/m1/s1. The van der Waals surface area contributed by atoms with Crippen molar-refractivity contribution in [2.45, 2.75) is 44.4 Å². The van der Waals surface area contributed by atoms with E-state index in [1.807, 2.05) is 4.90 Å². The molecular weight excluding hydrogens is 282 g/mol. The Morgan fingerprint density at radius 3 is 2.64 bits per heavy atom. The summed E-state index contributed by atoms with van der Waals surface area (Å²) in [5, 5.41) is 19.0. The zero-order valence-electron chi connectivity index (χ0n) is 13.7. The Kier molecular flexibility index (Phi) is 4.47. The van der Waals surface area contributed by atoms with Crippen molar-refractivity contribution in [2.24, 2.45) is 5.92 Å². The van der Waals surface area contributed by atoms with E-state index in [0.29, 0.717) is 12.0 Å². The van der Waals surface area contributed by atoms with E-state index >= 15 is 0 Å². The Morgan fingerprint density at radius 2 is 2.00 bits per heavy atom. The van der Waals surface area contributed by atoms with Crippen LogP contribution in [0.15, 0.2) is 0 Å². The topological polar surface area (TPSA) is 67.2 Å². The molecule has 0 saturated carbocycles. The Bertz CT molecular complexity index is 423. The van der Waals surface area contributed by atoms with Gasteiger partial charge < -0.3 is 15.1 Å². The van der Waals surface area contributed by atoms with Crippen molar-refractivity contribution in [3.8, 4) is 0 Å². The number of piperazine rings is 1. The number of likely N-dealkylation sites (tertiary alicyclic amines) is 1. The first-order valence-electron chi connectivity index (χ1n) is 8.49. The number of fused-ring (bicyclic) bond motifs is 2. The SMILES string of the molecule is CC(C)CN1C[C@H]2C[C@@H](O)CN2C2(C1)CN(C(=O)CCO)C2. The summed E-state index contributed by atoms with van der Waals surface area (Å²) in [6, 6.07) is 0.414. The minimum atomic E-state index is -0.233. The molecule has 2 atom stereocenters. The number of carbonyl (C=O) groups excluding carboxylic acids is 1. The van der Waals surface area contributed by atoms with Gasteiger partial charge in [-0.3, -0.25) is 14.6 Å². The number of β-amino-alcohol motifs (C(OH)–C–C–N with tert-alkyl or cyclic N) is 1. The number of carbonyl (C=O) groups is 1. The molecule has 1 amide bonds. The summed E-state index contributed by atoms with van der Waals surface area (Å²) in [7, 11) is 0. The maximum Gasteiger partial charge on any atom is 0.225 e. The van der Waals surface area contributed by atoms with E-state index in [1.54, 1.807) is 0 Å². The summed E-state index contributed by atoms with van der Waals surface area (Å²) in [5.41, 5.74) is 0.0143.